The van der Waals surface area contributed by atoms with Crippen molar-refractivity contribution in [3.8, 4) is 11.6 Å². The molecule has 12 nitrogen and oxygen atoms in total. The molecule has 2 saturated heterocycles. The van der Waals surface area contributed by atoms with Crippen molar-refractivity contribution in [1.82, 2.24) is 23.9 Å². The van der Waals surface area contributed by atoms with Crippen LogP contribution in [0, 0.1) is 0 Å². The molecule has 0 aliphatic carbocycles. The van der Waals surface area contributed by atoms with Gasteiger partial charge in [0.05, 0.1) is 12.9 Å². The summed E-state index contributed by atoms with van der Waals surface area (Å²) in [5.41, 5.74) is 2.76. The summed E-state index contributed by atoms with van der Waals surface area (Å²) < 4.78 is 51.9. The summed E-state index contributed by atoms with van der Waals surface area (Å²) >= 11 is 5.77. The molecule has 2 aliphatic heterocycles. The van der Waals surface area contributed by atoms with Gasteiger partial charge in [-0.2, -0.15) is 4.98 Å². The van der Waals surface area contributed by atoms with Crippen molar-refractivity contribution in [3.05, 3.63) is 84.9 Å². The summed E-state index contributed by atoms with van der Waals surface area (Å²) in [6.45, 7) is 18.2. The molecule has 2 aliphatic rings. The van der Waals surface area contributed by atoms with Gasteiger partial charge in [0.2, 0.25) is 11.7 Å². The monoisotopic (exact) mass is 775 g/mol. The second kappa shape index (κ2) is 15.2. The van der Waals surface area contributed by atoms with Crippen molar-refractivity contribution >= 4 is 51.5 Å². The molecule has 0 saturated carbocycles. The molecule has 0 amide bonds. The molecule has 7 rings (SSSR count). The van der Waals surface area contributed by atoms with Gasteiger partial charge in [0.25, 0.3) is 0 Å². The number of ether oxygens (including phenoxy) is 4. The number of aromatic nitrogens is 5. The van der Waals surface area contributed by atoms with Gasteiger partial charge in [-0.15, -0.1) is 0 Å². The first-order chi connectivity index (χ1) is 25.4. The number of rotatable bonds is 10. The van der Waals surface area contributed by atoms with E-state index in [4.69, 9.17) is 54.1 Å². The highest BCUT2D eigenvalue weighted by Gasteiger charge is 2.62. The molecule has 0 bridgehead atoms. The van der Waals surface area contributed by atoms with Crippen LogP contribution in [0.3, 0.4) is 0 Å². The molecule has 2 fully saturated rings. The van der Waals surface area contributed by atoms with E-state index in [1.807, 2.05) is 75.8 Å². The minimum absolute atomic E-state index is 0.0526. The van der Waals surface area contributed by atoms with Crippen molar-refractivity contribution in [1.29, 1.82) is 0 Å². The number of thiocarbonyl (C=S) groups is 1. The van der Waals surface area contributed by atoms with Gasteiger partial charge in [-0.1, -0.05) is 104 Å². The predicted molar refractivity (Wildman–Crippen MR) is 209 cm³/mol. The van der Waals surface area contributed by atoms with E-state index in [0.29, 0.717) is 35.2 Å². The molecular formula is C38H49N5O7SSi2. The van der Waals surface area contributed by atoms with Crippen LogP contribution in [0.1, 0.15) is 67.2 Å². The zero-order valence-electron chi connectivity index (χ0n) is 31.5. The highest BCUT2D eigenvalue weighted by atomic mass is 32.1. The lowest BCUT2D eigenvalue weighted by Gasteiger charge is -2.51. The van der Waals surface area contributed by atoms with Crippen LogP contribution in [-0.4, -0.2) is 71.2 Å². The number of benzene rings is 2. The minimum Gasteiger partial charge on any atom is -0.471 e. The number of para-hydroxylation sites is 1. The van der Waals surface area contributed by atoms with Gasteiger partial charge in [-0.3, -0.25) is 8.97 Å². The van der Waals surface area contributed by atoms with Crippen molar-refractivity contribution in [2.75, 3.05) is 6.61 Å². The fourth-order valence-corrected chi connectivity index (χ4v) is 19.1. The summed E-state index contributed by atoms with van der Waals surface area (Å²) in [6, 6.07) is 19.3. The quantitative estimate of drug-likeness (QED) is 0.101. The molecule has 1 unspecified atom stereocenters. The second-order valence-electron chi connectivity index (χ2n) is 15.0. The van der Waals surface area contributed by atoms with E-state index in [0.717, 1.165) is 5.56 Å². The van der Waals surface area contributed by atoms with Crippen LogP contribution in [0.5, 0.6) is 11.6 Å². The fraction of sp³-hybridized carbons (Fsp3) is 0.474. The molecule has 53 heavy (non-hydrogen) atoms. The maximum atomic E-state index is 7.49. The van der Waals surface area contributed by atoms with Crippen molar-refractivity contribution in [3.63, 3.8) is 0 Å². The van der Waals surface area contributed by atoms with Crippen molar-refractivity contribution in [2.24, 2.45) is 0 Å². The van der Waals surface area contributed by atoms with Gasteiger partial charge in [-0.25, -0.2) is 9.97 Å². The molecule has 2 aromatic carbocycles. The summed E-state index contributed by atoms with van der Waals surface area (Å²) in [5.74, 6) is 1.37. The van der Waals surface area contributed by atoms with E-state index in [1.54, 1.807) is 12.5 Å². The lowest BCUT2D eigenvalue weighted by atomic mass is 10.1. The Morgan fingerprint density at radius 3 is 2.21 bits per heavy atom. The van der Waals surface area contributed by atoms with Crippen LogP contribution < -0.4 is 9.47 Å². The molecule has 282 valence electrons. The lowest BCUT2D eigenvalue weighted by molar-refractivity contribution is -0.0569. The molecule has 4 atom stereocenters. The molecule has 5 heterocycles. The first kappa shape index (κ1) is 37.6. The van der Waals surface area contributed by atoms with Gasteiger partial charge in [0, 0.05) is 24.6 Å². The molecular weight excluding hydrogens is 727 g/mol. The minimum atomic E-state index is -3.06. The summed E-state index contributed by atoms with van der Waals surface area (Å²) in [4.78, 5) is 14.1. The Balaban J connectivity index is 1.34. The van der Waals surface area contributed by atoms with E-state index < -0.39 is 41.7 Å². The van der Waals surface area contributed by atoms with E-state index in [1.165, 1.54) is 0 Å². The molecule has 5 aromatic rings. The van der Waals surface area contributed by atoms with Crippen LogP contribution >= 0.6 is 12.2 Å². The van der Waals surface area contributed by atoms with Crippen LogP contribution in [0.4, 0.5) is 0 Å². The maximum absolute atomic E-state index is 7.49. The van der Waals surface area contributed by atoms with Crippen LogP contribution in [0.15, 0.2) is 79.4 Å². The first-order valence-electron chi connectivity index (χ1n) is 18.4. The van der Waals surface area contributed by atoms with Crippen LogP contribution in [0.2, 0.25) is 22.2 Å². The average molecular weight is 776 g/mol. The Kier molecular flexibility index (Phi) is 10.8. The summed E-state index contributed by atoms with van der Waals surface area (Å²) in [5, 5.41) is -0.0526. The Hall–Kier alpha value is -3.71. The molecule has 0 radical (unpaired) electrons. The van der Waals surface area contributed by atoms with E-state index in [9.17, 15) is 0 Å². The lowest BCUT2D eigenvalue weighted by Crippen LogP contribution is -2.66. The molecule has 0 N–H and O–H groups in total. The Morgan fingerprint density at radius 2 is 1.55 bits per heavy atom. The molecule has 0 spiro atoms. The Labute approximate surface area is 318 Å². The smallest absolute Gasteiger partial charge is 0.358 e. The van der Waals surface area contributed by atoms with E-state index >= 15 is 0 Å². The second-order valence-corrected chi connectivity index (χ2v) is 24.2. The summed E-state index contributed by atoms with van der Waals surface area (Å²) in [6.07, 6.45) is 2.57. The zero-order chi connectivity index (χ0) is 37.5. The topological polar surface area (TPSA) is 113 Å². The molecule has 3 aromatic heterocycles. The first-order valence-corrected chi connectivity index (χ1v) is 22.8. The van der Waals surface area contributed by atoms with Gasteiger partial charge < -0.3 is 31.9 Å². The number of hydrogen-bond donors (Lipinski definition) is 0. The SMILES string of the molecule is CC(C)[Si]1(C(C)C)OC[C@H]2O[C@@H](n3cnc4c(OCc5ccccc5)nc5nccn5c43)C(OC(=S)Oc3ccccc3)[C@H]2O[Si](C(C)C)(C(C)C)O1. The van der Waals surface area contributed by atoms with Crippen LogP contribution in [-0.2, 0) is 29.0 Å². The predicted octanol–water partition coefficient (Wildman–Crippen LogP) is 8.26. The number of nitrogens with zero attached hydrogens (tertiary/aromatic N) is 5. The largest absolute Gasteiger partial charge is 0.471 e. The Bertz CT molecular complexity index is 2010. The highest BCUT2D eigenvalue weighted by Crippen LogP contribution is 2.49. The standard InChI is InChI=1S/C38H49N5O7SSi2/c1-24(2)52(25(3)4)45-22-30-32(49-53(50-52,26(5)6)27(7)8)33(48-38(51)46-29-17-13-10-14-18-29)36(47-30)43-23-40-31-34(44-21-28-15-11-9-12-16-28)41-37-39-19-20-42(37)35(31)43/h9-20,23-27,30,32-33,36H,21-22H2,1-8H3/t30-,32+,33?,36-/m1/s1. The number of imidazole rings is 2. The van der Waals surface area contributed by atoms with Gasteiger partial charge >= 0.3 is 22.4 Å². The maximum Gasteiger partial charge on any atom is 0.358 e. The van der Waals surface area contributed by atoms with Crippen molar-refractivity contribution in [2.45, 2.75) is 109 Å². The number of hydrogen-bond acceptors (Lipinski definition) is 11. The highest BCUT2D eigenvalue weighted by molar-refractivity contribution is 7.79. The normalized spacial score (nSPS) is 22.7. The average Bonchev–Trinajstić information content (AvgIpc) is 3.85. The van der Waals surface area contributed by atoms with Crippen molar-refractivity contribution < 1.29 is 31.9 Å². The number of fused-ring (bicyclic) bond motifs is 4. The third kappa shape index (κ3) is 7.03. The third-order valence-corrected chi connectivity index (χ3v) is 20.7. The zero-order valence-corrected chi connectivity index (χ0v) is 34.4. The van der Waals surface area contributed by atoms with Gasteiger partial charge in [0.15, 0.2) is 23.5 Å². The fourth-order valence-electron chi connectivity index (χ4n) is 7.64. The van der Waals surface area contributed by atoms with E-state index in [-0.39, 0.29) is 34.0 Å². The molecule has 15 heteroatoms. The Morgan fingerprint density at radius 1 is 0.887 bits per heavy atom. The van der Waals surface area contributed by atoms with Gasteiger partial charge in [0.1, 0.15) is 24.6 Å². The summed E-state index contributed by atoms with van der Waals surface area (Å²) in [7, 11) is -5.90. The third-order valence-electron chi connectivity index (χ3n) is 10.3. The van der Waals surface area contributed by atoms with Crippen LogP contribution in [0.25, 0.3) is 16.9 Å². The van der Waals surface area contributed by atoms with E-state index in [2.05, 4.69) is 60.4 Å². The van der Waals surface area contributed by atoms with Gasteiger partial charge in [-0.05, 0) is 39.9 Å².